The van der Waals surface area contributed by atoms with Crippen molar-refractivity contribution in [3.8, 4) is 0 Å². The SMILES string of the molecule is C=C(C)/C=C(/C)C(CC)N1C=CN(c2c(C)cc(C)cc2C)C1. The quantitative estimate of drug-likeness (QED) is 0.666. The molecular weight excluding hydrogens is 280 g/mol. The predicted molar refractivity (Wildman–Crippen MR) is 102 cm³/mol. The van der Waals surface area contributed by atoms with Crippen molar-refractivity contribution in [1.29, 1.82) is 0 Å². The van der Waals surface area contributed by atoms with E-state index in [1.54, 1.807) is 0 Å². The van der Waals surface area contributed by atoms with Crippen LogP contribution in [0.15, 0.2) is 48.3 Å². The standard InChI is InChI=1S/C21H30N2/c1-8-20(17(5)11-15(2)3)22-9-10-23(14-22)21-18(6)12-16(4)13-19(21)7/h9-13,20H,2,8,14H2,1,3-7H3/b17-11-. The Morgan fingerprint density at radius 1 is 1.17 bits per heavy atom. The van der Waals surface area contributed by atoms with Gasteiger partial charge in [-0.15, -0.1) is 0 Å². The van der Waals surface area contributed by atoms with E-state index in [-0.39, 0.29) is 0 Å². The summed E-state index contributed by atoms with van der Waals surface area (Å²) in [5.74, 6) is 0. The van der Waals surface area contributed by atoms with Crippen LogP contribution in [0.5, 0.6) is 0 Å². The molecule has 0 spiro atoms. The molecule has 1 aromatic rings. The third-order valence-electron chi connectivity index (χ3n) is 4.46. The minimum atomic E-state index is 0.430. The van der Waals surface area contributed by atoms with Gasteiger partial charge in [-0.1, -0.05) is 48.4 Å². The Morgan fingerprint density at radius 3 is 2.30 bits per heavy atom. The summed E-state index contributed by atoms with van der Waals surface area (Å²) in [6.07, 6.45) is 7.73. The molecule has 0 amide bonds. The molecule has 0 saturated heterocycles. The van der Waals surface area contributed by atoms with E-state index in [4.69, 9.17) is 0 Å². The second-order valence-electron chi connectivity index (χ2n) is 6.83. The molecule has 2 nitrogen and oxygen atoms in total. The van der Waals surface area contributed by atoms with Crippen molar-refractivity contribution >= 4 is 5.69 Å². The lowest BCUT2D eigenvalue weighted by atomic mass is 10.0. The van der Waals surface area contributed by atoms with Crippen LogP contribution in [0.4, 0.5) is 5.69 Å². The van der Waals surface area contributed by atoms with Crippen LogP contribution < -0.4 is 4.90 Å². The Kier molecular flexibility index (Phi) is 5.35. The largest absolute Gasteiger partial charge is 0.352 e. The van der Waals surface area contributed by atoms with Crippen molar-refractivity contribution in [3.63, 3.8) is 0 Å². The predicted octanol–water partition coefficient (Wildman–Crippen LogP) is 5.46. The van der Waals surface area contributed by atoms with E-state index in [9.17, 15) is 0 Å². The summed E-state index contributed by atoms with van der Waals surface area (Å²) in [7, 11) is 0. The van der Waals surface area contributed by atoms with Crippen molar-refractivity contribution in [2.45, 2.75) is 54.0 Å². The van der Waals surface area contributed by atoms with Gasteiger partial charge in [0.15, 0.2) is 0 Å². The second-order valence-corrected chi connectivity index (χ2v) is 6.83. The second kappa shape index (κ2) is 7.08. The van der Waals surface area contributed by atoms with Gasteiger partial charge in [0.25, 0.3) is 0 Å². The summed E-state index contributed by atoms with van der Waals surface area (Å²) in [6.45, 7) is 18.0. The average molecular weight is 310 g/mol. The van der Waals surface area contributed by atoms with Crippen LogP contribution >= 0.6 is 0 Å². The lowest BCUT2D eigenvalue weighted by Crippen LogP contribution is -2.34. The van der Waals surface area contributed by atoms with E-state index >= 15 is 0 Å². The zero-order chi connectivity index (χ0) is 17.1. The first-order valence-corrected chi connectivity index (χ1v) is 8.45. The Hall–Kier alpha value is -1.96. The number of hydrogen-bond acceptors (Lipinski definition) is 2. The Balaban J connectivity index is 2.22. The van der Waals surface area contributed by atoms with Crippen molar-refractivity contribution in [1.82, 2.24) is 4.90 Å². The number of benzene rings is 1. The maximum atomic E-state index is 4.01. The molecule has 0 radical (unpaired) electrons. The molecule has 1 unspecified atom stereocenters. The van der Waals surface area contributed by atoms with Crippen molar-refractivity contribution in [2.24, 2.45) is 0 Å². The highest BCUT2D eigenvalue weighted by atomic mass is 15.4. The molecule has 0 fully saturated rings. The van der Waals surface area contributed by atoms with E-state index in [0.29, 0.717) is 6.04 Å². The average Bonchev–Trinajstić information content (AvgIpc) is 2.86. The minimum absolute atomic E-state index is 0.430. The van der Waals surface area contributed by atoms with Crippen LogP contribution in [-0.4, -0.2) is 17.6 Å². The van der Waals surface area contributed by atoms with Gasteiger partial charge in [-0.05, 0) is 52.2 Å². The fourth-order valence-corrected chi connectivity index (χ4v) is 3.71. The summed E-state index contributed by atoms with van der Waals surface area (Å²) >= 11 is 0. The van der Waals surface area contributed by atoms with E-state index < -0.39 is 0 Å². The topological polar surface area (TPSA) is 6.48 Å². The molecule has 0 N–H and O–H groups in total. The van der Waals surface area contributed by atoms with Gasteiger partial charge in [0.1, 0.15) is 0 Å². The smallest absolute Gasteiger partial charge is 0.0947 e. The maximum absolute atomic E-state index is 4.01. The molecule has 1 heterocycles. The van der Waals surface area contributed by atoms with Crippen LogP contribution in [0.1, 0.15) is 43.9 Å². The van der Waals surface area contributed by atoms with Gasteiger partial charge in [-0.3, -0.25) is 0 Å². The number of anilines is 1. The van der Waals surface area contributed by atoms with Crippen molar-refractivity contribution in [3.05, 3.63) is 65.0 Å². The number of aryl methyl sites for hydroxylation is 3. The normalized spacial score (nSPS) is 16.2. The first-order valence-electron chi connectivity index (χ1n) is 8.45. The van der Waals surface area contributed by atoms with Crippen LogP contribution in [0.3, 0.4) is 0 Å². The number of hydrogen-bond donors (Lipinski definition) is 0. The van der Waals surface area contributed by atoms with Gasteiger partial charge in [0.05, 0.1) is 12.7 Å². The molecule has 1 atom stereocenters. The Labute approximate surface area is 141 Å². The van der Waals surface area contributed by atoms with E-state index in [2.05, 4.69) is 88.5 Å². The van der Waals surface area contributed by atoms with E-state index in [1.165, 1.54) is 28.0 Å². The summed E-state index contributed by atoms with van der Waals surface area (Å²) in [5, 5.41) is 0. The third kappa shape index (κ3) is 3.87. The molecule has 1 aromatic carbocycles. The molecule has 0 aromatic heterocycles. The monoisotopic (exact) mass is 310 g/mol. The molecule has 0 bridgehead atoms. The number of nitrogens with zero attached hydrogens (tertiary/aromatic N) is 2. The maximum Gasteiger partial charge on any atom is 0.0947 e. The van der Waals surface area contributed by atoms with E-state index in [0.717, 1.165) is 18.7 Å². The summed E-state index contributed by atoms with van der Waals surface area (Å²) < 4.78 is 0. The molecular formula is C21H30N2. The number of allylic oxidation sites excluding steroid dienone is 2. The van der Waals surface area contributed by atoms with E-state index in [1.807, 2.05) is 0 Å². The molecule has 23 heavy (non-hydrogen) atoms. The van der Waals surface area contributed by atoms with Gasteiger partial charge >= 0.3 is 0 Å². The Morgan fingerprint density at radius 2 is 1.78 bits per heavy atom. The molecule has 2 heteroatoms. The molecule has 0 saturated carbocycles. The summed E-state index contributed by atoms with van der Waals surface area (Å²) in [5.41, 5.74) is 7.85. The lowest BCUT2D eigenvalue weighted by molar-refractivity contribution is 0.323. The van der Waals surface area contributed by atoms with Crippen molar-refractivity contribution in [2.75, 3.05) is 11.6 Å². The van der Waals surface area contributed by atoms with Crippen LogP contribution in [0.25, 0.3) is 0 Å². The van der Waals surface area contributed by atoms with Gasteiger partial charge in [-0.25, -0.2) is 0 Å². The molecule has 2 rings (SSSR count). The van der Waals surface area contributed by atoms with Crippen LogP contribution in [0, 0.1) is 20.8 Å². The highest BCUT2D eigenvalue weighted by Crippen LogP contribution is 2.30. The van der Waals surface area contributed by atoms with Crippen molar-refractivity contribution < 1.29 is 0 Å². The third-order valence-corrected chi connectivity index (χ3v) is 4.46. The molecule has 0 aliphatic carbocycles. The molecule has 1 aliphatic rings. The lowest BCUT2D eigenvalue weighted by Gasteiger charge is -2.31. The first kappa shape index (κ1) is 17.4. The van der Waals surface area contributed by atoms with Gasteiger partial charge < -0.3 is 9.80 Å². The zero-order valence-corrected chi connectivity index (χ0v) is 15.5. The zero-order valence-electron chi connectivity index (χ0n) is 15.5. The highest BCUT2D eigenvalue weighted by Gasteiger charge is 2.23. The molecule has 124 valence electrons. The Bertz CT molecular complexity index is 629. The minimum Gasteiger partial charge on any atom is -0.352 e. The number of rotatable bonds is 5. The van der Waals surface area contributed by atoms with Crippen LogP contribution in [0.2, 0.25) is 0 Å². The van der Waals surface area contributed by atoms with Gasteiger partial charge in [0, 0.05) is 18.1 Å². The van der Waals surface area contributed by atoms with Gasteiger partial charge in [-0.2, -0.15) is 0 Å². The fourth-order valence-electron chi connectivity index (χ4n) is 3.71. The molecule has 1 aliphatic heterocycles. The fraction of sp³-hybridized carbons (Fsp3) is 0.429. The summed E-state index contributed by atoms with van der Waals surface area (Å²) in [6, 6.07) is 4.96. The summed E-state index contributed by atoms with van der Waals surface area (Å²) in [4.78, 5) is 4.79. The van der Waals surface area contributed by atoms with Crippen LogP contribution in [-0.2, 0) is 0 Å². The highest BCUT2D eigenvalue weighted by molar-refractivity contribution is 5.62. The first-order chi connectivity index (χ1) is 10.8. The van der Waals surface area contributed by atoms with Gasteiger partial charge in [0.2, 0.25) is 0 Å².